The Morgan fingerprint density at radius 1 is 1.35 bits per heavy atom. The number of nitrogens with zero attached hydrogens (tertiary/aromatic N) is 1. The van der Waals surface area contributed by atoms with Crippen LogP contribution in [0.15, 0.2) is 0 Å². The third kappa shape index (κ3) is 3.09. The Morgan fingerprint density at radius 2 is 1.88 bits per heavy atom. The van der Waals surface area contributed by atoms with Gasteiger partial charge >= 0.3 is 12.1 Å². The fraction of sp³-hybridized carbons (Fsp3) is 0.778. The number of carbonyl (C=O) groups is 2. The van der Waals surface area contributed by atoms with Crippen LogP contribution >= 0.6 is 34.8 Å². The number of amides is 1. The Bertz CT molecular complexity index is 340. The summed E-state index contributed by atoms with van der Waals surface area (Å²) in [4.78, 5) is 23.5. The minimum Gasteiger partial charge on any atom is -0.480 e. The molecule has 5 nitrogen and oxygen atoms in total. The molecule has 1 fully saturated rings. The number of carbonyl (C=O) groups excluding carboxylic acids is 1. The van der Waals surface area contributed by atoms with Crippen molar-refractivity contribution < 1.29 is 19.4 Å². The molecule has 1 aliphatic rings. The van der Waals surface area contributed by atoms with E-state index >= 15 is 0 Å². The minimum absolute atomic E-state index is 0.325. The molecule has 0 aromatic rings. The van der Waals surface area contributed by atoms with E-state index in [-0.39, 0.29) is 0 Å². The van der Waals surface area contributed by atoms with Crippen molar-refractivity contribution in [3.63, 3.8) is 0 Å². The van der Waals surface area contributed by atoms with Gasteiger partial charge in [0.2, 0.25) is 3.79 Å². The van der Waals surface area contributed by atoms with Gasteiger partial charge in [-0.1, -0.05) is 34.8 Å². The van der Waals surface area contributed by atoms with Crippen LogP contribution in [0, 0.1) is 0 Å². The molecule has 0 aromatic heterocycles. The highest BCUT2D eigenvalue weighted by Crippen LogP contribution is 2.41. The van der Waals surface area contributed by atoms with Crippen molar-refractivity contribution in [2.75, 3.05) is 6.54 Å². The molecule has 1 amide bonds. The second-order valence-corrected chi connectivity index (χ2v) is 6.49. The van der Waals surface area contributed by atoms with Gasteiger partial charge in [-0.05, 0) is 20.3 Å². The number of hydrogen-bond acceptors (Lipinski definition) is 3. The molecule has 1 aliphatic heterocycles. The molecule has 0 radical (unpaired) electrons. The van der Waals surface area contributed by atoms with Crippen LogP contribution < -0.4 is 0 Å². The predicted octanol–water partition coefficient (Wildman–Crippen LogP) is 2.43. The van der Waals surface area contributed by atoms with Gasteiger partial charge in [0.05, 0.1) is 0 Å². The van der Waals surface area contributed by atoms with E-state index in [4.69, 9.17) is 44.6 Å². The fourth-order valence-corrected chi connectivity index (χ4v) is 1.31. The first kappa shape index (κ1) is 14.7. The maximum absolute atomic E-state index is 11.7. The molecule has 0 bridgehead atoms. The average Bonchev–Trinajstić information content (AvgIpc) is 1.95. The number of aliphatic carboxylic acids is 1. The number of halogens is 3. The normalized spacial score (nSPS) is 20.8. The average molecular weight is 305 g/mol. The molecular weight excluding hydrogens is 292 g/mol. The van der Waals surface area contributed by atoms with E-state index in [0.29, 0.717) is 13.0 Å². The molecule has 0 aliphatic carbocycles. The summed E-state index contributed by atoms with van der Waals surface area (Å²) in [5, 5.41) is 8.78. The van der Waals surface area contributed by atoms with Crippen molar-refractivity contribution in [2.45, 2.75) is 35.7 Å². The second kappa shape index (κ2) is 4.71. The summed E-state index contributed by atoms with van der Waals surface area (Å²) in [7, 11) is 0. The predicted molar refractivity (Wildman–Crippen MR) is 63.6 cm³/mol. The summed E-state index contributed by atoms with van der Waals surface area (Å²) < 4.78 is 3.23. The SMILES string of the molecule is CC(C)(OC(=O)N1CCC1C(=O)O)C(Cl)(Cl)Cl. The first-order valence-corrected chi connectivity index (χ1v) is 5.99. The molecule has 0 saturated carbocycles. The summed E-state index contributed by atoms with van der Waals surface area (Å²) in [6.07, 6.45) is -0.390. The van der Waals surface area contributed by atoms with E-state index in [1.165, 1.54) is 13.8 Å². The number of alkyl halides is 3. The topological polar surface area (TPSA) is 66.8 Å². The van der Waals surface area contributed by atoms with E-state index in [1.807, 2.05) is 0 Å². The lowest BCUT2D eigenvalue weighted by Gasteiger charge is -2.40. The van der Waals surface area contributed by atoms with Gasteiger partial charge in [-0.2, -0.15) is 0 Å². The van der Waals surface area contributed by atoms with Crippen molar-refractivity contribution in [1.29, 1.82) is 0 Å². The summed E-state index contributed by atoms with van der Waals surface area (Å²) in [5.74, 6) is -1.07. The Kier molecular flexibility index (Phi) is 4.06. The lowest BCUT2D eigenvalue weighted by molar-refractivity contribution is -0.147. The molecule has 1 rings (SSSR count). The van der Waals surface area contributed by atoms with E-state index in [0.717, 1.165) is 4.90 Å². The van der Waals surface area contributed by atoms with Crippen LogP contribution in [0.25, 0.3) is 0 Å². The summed E-state index contributed by atoms with van der Waals surface area (Å²) in [6, 6.07) is -0.853. The van der Waals surface area contributed by atoms with Crippen LogP contribution in [0.5, 0.6) is 0 Å². The summed E-state index contributed by atoms with van der Waals surface area (Å²) in [5.41, 5.74) is -1.34. The smallest absolute Gasteiger partial charge is 0.411 e. The van der Waals surface area contributed by atoms with Crippen molar-refractivity contribution in [3.8, 4) is 0 Å². The molecule has 1 heterocycles. The van der Waals surface area contributed by atoms with Gasteiger partial charge < -0.3 is 9.84 Å². The maximum atomic E-state index is 11.7. The Balaban J connectivity index is 2.65. The van der Waals surface area contributed by atoms with Gasteiger partial charge in [0.15, 0.2) is 5.60 Å². The zero-order valence-electron chi connectivity index (χ0n) is 9.24. The van der Waals surface area contributed by atoms with Crippen LogP contribution in [-0.4, -0.2) is 44.0 Å². The third-order valence-electron chi connectivity index (χ3n) is 2.56. The zero-order chi connectivity index (χ0) is 13.4. The number of ether oxygens (including phenoxy) is 1. The van der Waals surface area contributed by atoms with E-state index < -0.39 is 27.5 Å². The highest BCUT2D eigenvalue weighted by atomic mass is 35.6. The van der Waals surface area contributed by atoms with Gasteiger partial charge in [-0.3, -0.25) is 4.90 Å². The van der Waals surface area contributed by atoms with Crippen LogP contribution in [-0.2, 0) is 9.53 Å². The number of carboxylic acids is 1. The standard InChI is InChI=1S/C9H12Cl3NO4/c1-8(2,9(10,11)12)17-7(16)13-4-3-5(13)6(14)15/h5H,3-4H2,1-2H3,(H,14,15). The molecule has 8 heteroatoms. The maximum Gasteiger partial charge on any atom is 0.411 e. The van der Waals surface area contributed by atoms with Crippen molar-refractivity contribution >= 4 is 46.9 Å². The molecule has 1 saturated heterocycles. The molecule has 1 N–H and O–H groups in total. The molecule has 0 aromatic carbocycles. The summed E-state index contributed by atoms with van der Waals surface area (Å²) >= 11 is 17.0. The number of carboxylic acid groups (broad SMARTS) is 1. The monoisotopic (exact) mass is 303 g/mol. The van der Waals surface area contributed by atoms with Gasteiger partial charge in [-0.25, -0.2) is 9.59 Å². The fourth-order valence-electron chi connectivity index (χ4n) is 1.20. The first-order valence-electron chi connectivity index (χ1n) is 4.85. The van der Waals surface area contributed by atoms with Crippen molar-refractivity contribution in [1.82, 2.24) is 4.90 Å². The highest BCUT2D eigenvalue weighted by Gasteiger charge is 2.47. The van der Waals surface area contributed by atoms with Gasteiger partial charge in [-0.15, -0.1) is 0 Å². The Labute approximate surface area is 114 Å². The Hall–Kier alpha value is -0.390. The molecule has 98 valence electrons. The number of rotatable bonds is 2. The minimum atomic E-state index is -1.79. The van der Waals surface area contributed by atoms with E-state index in [1.54, 1.807) is 0 Å². The third-order valence-corrected chi connectivity index (χ3v) is 3.93. The van der Waals surface area contributed by atoms with Crippen molar-refractivity contribution in [2.24, 2.45) is 0 Å². The van der Waals surface area contributed by atoms with Gasteiger partial charge in [0.25, 0.3) is 0 Å². The largest absolute Gasteiger partial charge is 0.480 e. The van der Waals surface area contributed by atoms with Gasteiger partial charge in [0.1, 0.15) is 6.04 Å². The zero-order valence-corrected chi connectivity index (χ0v) is 11.5. The van der Waals surface area contributed by atoms with Crippen LogP contribution in [0.2, 0.25) is 0 Å². The molecule has 1 atom stereocenters. The first-order chi connectivity index (χ1) is 7.56. The lowest BCUT2D eigenvalue weighted by atomic mass is 10.0. The summed E-state index contributed by atoms with van der Waals surface area (Å²) in [6.45, 7) is 3.20. The van der Waals surface area contributed by atoms with Crippen LogP contribution in [0.4, 0.5) is 4.79 Å². The van der Waals surface area contributed by atoms with Crippen LogP contribution in [0.3, 0.4) is 0 Å². The van der Waals surface area contributed by atoms with Gasteiger partial charge in [0, 0.05) is 6.54 Å². The van der Waals surface area contributed by atoms with E-state index in [9.17, 15) is 9.59 Å². The molecule has 1 unspecified atom stereocenters. The van der Waals surface area contributed by atoms with Crippen LogP contribution in [0.1, 0.15) is 20.3 Å². The number of hydrogen-bond donors (Lipinski definition) is 1. The lowest BCUT2D eigenvalue weighted by Crippen LogP contribution is -2.57. The molecule has 17 heavy (non-hydrogen) atoms. The highest BCUT2D eigenvalue weighted by molar-refractivity contribution is 6.68. The second-order valence-electron chi connectivity index (χ2n) is 4.21. The number of likely N-dealkylation sites (tertiary alicyclic amines) is 1. The van der Waals surface area contributed by atoms with Crippen molar-refractivity contribution in [3.05, 3.63) is 0 Å². The van der Waals surface area contributed by atoms with E-state index in [2.05, 4.69) is 0 Å². The molecule has 0 spiro atoms. The quantitative estimate of drug-likeness (QED) is 0.796. The Morgan fingerprint density at radius 3 is 2.18 bits per heavy atom. The molecular formula is C9H12Cl3NO4.